The maximum absolute atomic E-state index is 14.4. The summed E-state index contributed by atoms with van der Waals surface area (Å²) in [4.78, 5) is 12.3. The largest absolute Gasteiger partial charge is 0.466 e. The highest BCUT2D eigenvalue weighted by Crippen LogP contribution is 2.43. The zero-order chi connectivity index (χ0) is 20.9. The van der Waals surface area contributed by atoms with Crippen LogP contribution in [0.5, 0.6) is 0 Å². The van der Waals surface area contributed by atoms with Gasteiger partial charge in [0.15, 0.2) is 0 Å². The summed E-state index contributed by atoms with van der Waals surface area (Å²) in [5.41, 5.74) is 0.860. The summed E-state index contributed by atoms with van der Waals surface area (Å²) < 4.78 is 19.2. The summed E-state index contributed by atoms with van der Waals surface area (Å²) in [6, 6.07) is 24.5. The van der Waals surface area contributed by atoms with Gasteiger partial charge in [-0.05, 0) is 42.0 Å². The number of carbonyl (C=O) groups is 1. The van der Waals surface area contributed by atoms with Gasteiger partial charge < -0.3 is 4.74 Å². The van der Waals surface area contributed by atoms with E-state index in [-0.39, 0.29) is 5.57 Å². The Hall–Kier alpha value is -2.65. The van der Waals surface area contributed by atoms with Crippen LogP contribution in [0.2, 0.25) is 5.02 Å². The summed E-state index contributed by atoms with van der Waals surface area (Å²) in [5.74, 6) is -0.579. The number of ether oxygens (including phenoxy) is 1. The Labute approximate surface area is 175 Å². The van der Waals surface area contributed by atoms with Crippen LogP contribution in [0.1, 0.15) is 11.6 Å². The molecule has 0 aromatic heterocycles. The molecule has 29 heavy (non-hydrogen) atoms. The molecule has 1 atom stereocenters. The summed E-state index contributed by atoms with van der Waals surface area (Å²) in [7, 11) is -2.02. The highest BCUT2D eigenvalue weighted by molar-refractivity contribution is 7.76. The first kappa shape index (κ1) is 21.1. The van der Waals surface area contributed by atoms with Gasteiger partial charge in [-0.1, -0.05) is 66.7 Å². The van der Waals surface area contributed by atoms with E-state index in [1.54, 1.807) is 48.5 Å². The first-order valence-electron chi connectivity index (χ1n) is 8.97. The average Bonchev–Trinajstić information content (AvgIpc) is 2.78. The number of esters is 1. The molecule has 3 aromatic carbocycles. The SMILES string of the molecule is C=C(C(=O)OC)C(NP(=O)(c1ccccc1)c1ccccc1)c1ccc(Cl)cc1. The third-order valence-corrected chi connectivity index (χ3v) is 7.47. The molecule has 1 N–H and O–H groups in total. The molecule has 0 fully saturated rings. The number of hydrogen-bond donors (Lipinski definition) is 1. The summed E-state index contributed by atoms with van der Waals surface area (Å²) >= 11 is 6.02. The van der Waals surface area contributed by atoms with E-state index >= 15 is 0 Å². The smallest absolute Gasteiger partial charge is 0.335 e. The van der Waals surface area contributed by atoms with Gasteiger partial charge in [-0.2, -0.15) is 0 Å². The van der Waals surface area contributed by atoms with E-state index in [4.69, 9.17) is 16.3 Å². The van der Waals surface area contributed by atoms with Crippen LogP contribution in [0.15, 0.2) is 97.1 Å². The van der Waals surface area contributed by atoms with Gasteiger partial charge in [0.05, 0.1) is 18.7 Å². The van der Waals surface area contributed by atoms with E-state index in [1.165, 1.54) is 7.11 Å². The molecular weight excluding hydrogens is 405 g/mol. The van der Waals surface area contributed by atoms with Crippen molar-refractivity contribution in [1.29, 1.82) is 0 Å². The standard InChI is InChI=1S/C23H21ClNO3P/c1-17(23(26)28-2)22(18-13-15-19(24)16-14-18)25-29(27,20-9-5-3-6-10-20)21-11-7-4-8-12-21/h3-16,22H,1H2,2H3,(H,25,27). The van der Waals surface area contributed by atoms with E-state index in [0.717, 1.165) is 0 Å². The fourth-order valence-corrected chi connectivity index (χ4v) is 5.59. The fourth-order valence-electron chi connectivity index (χ4n) is 3.01. The number of benzene rings is 3. The topological polar surface area (TPSA) is 55.4 Å². The lowest BCUT2D eigenvalue weighted by Gasteiger charge is -2.28. The first-order chi connectivity index (χ1) is 14.0. The molecule has 1 unspecified atom stereocenters. The van der Waals surface area contributed by atoms with Crippen molar-refractivity contribution in [1.82, 2.24) is 5.09 Å². The lowest BCUT2D eigenvalue weighted by molar-refractivity contribution is -0.136. The Morgan fingerprint density at radius 1 is 0.931 bits per heavy atom. The minimum atomic E-state index is -3.31. The molecule has 0 saturated carbocycles. The van der Waals surface area contributed by atoms with Crippen molar-refractivity contribution in [2.75, 3.05) is 7.11 Å². The Morgan fingerprint density at radius 2 is 1.41 bits per heavy atom. The maximum atomic E-state index is 14.4. The van der Waals surface area contributed by atoms with Crippen molar-refractivity contribution in [3.8, 4) is 0 Å². The predicted molar refractivity (Wildman–Crippen MR) is 118 cm³/mol. The minimum Gasteiger partial charge on any atom is -0.466 e. The van der Waals surface area contributed by atoms with Crippen molar-refractivity contribution >= 4 is 35.5 Å². The summed E-state index contributed by atoms with van der Waals surface area (Å²) in [5, 5.41) is 5.04. The molecule has 0 aliphatic heterocycles. The molecule has 0 aliphatic rings. The van der Waals surface area contributed by atoms with Gasteiger partial charge in [0.25, 0.3) is 0 Å². The van der Waals surface area contributed by atoms with Crippen molar-refractivity contribution in [2.45, 2.75) is 6.04 Å². The number of hydrogen-bond acceptors (Lipinski definition) is 3. The average molecular weight is 426 g/mol. The Balaban J connectivity index is 2.13. The third kappa shape index (κ3) is 4.68. The summed E-state index contributed by atoms with van der Waals surface area (Å²) in [6.07, 6.45) is 0. The number of rotatable bonds is 7. The highest BCUT2D eigenvalue weighted by atomic mass is 35.5. The quantitative estimate of drug-likeness (QED) is 0.340. The van der Waals surface area contributed by atoms with Crippen molar-refractivity contribution < 1.29 is 14.1 Å². The second kappa shape index (κ2) is 9.23. The van der Waals surface area contributed by atoms with E-state index in [1.807, 2.05) is 36.4 Å². The Kier molecular flexibility index (Phi) is 6.71. The first-order valence-corrected chi connectivity index (χ1v) is 11.1. The highest BCUT2D eigenvalue weighted by Gasteiger charge is 2.33. The van der Waals surface area contributed by atoms with Crippen LogP contribution in [-0.2, 0) is 14.1 Å². The zero-order valence-corrected chi connectivity index (χ0v) is 17.6. The summed E-state index contributed by atoms with van der Waals surface area (Å²) in [6.45, 7) is 3.90. The Bertz CT molecular complexity index is 993. The number of carbonyl (C=O) groups excluding carboxylic acids is 1. The molecule has 3 rings (SSSR count). The van der Waals surface area contributed by atoms with Crippen LogP contribution < -0.4 is 15.7 Å². The van der Waals surface area contributed by atoms with E-state index < -0.39 is 19.3 Å². The van der Waals surface area contributed by atoms with Crippen molar-refractivity contribution in [3.63, 3.8) is 0 Å². The predicted octanol–water partition coefficient (Wildman–Crippen LogP) is 4.63. The molecule has 0 aliphatic carbocycles. The van der Waals surface area contributed by atoms with Gasteiger partial charge in [-0.3, -0.25) is 4.57 Å². The van der Waals surface area contributed by atoms with Gasteiger partial charge >= 0.3 is 5.97 Å². The molecule has 0 radical (unpaired) electrons. The van der Waals surface area contributed by atoms with Crippen LogP contribution in [0, 0.1) is 0 Å². The van der Waals surface area contributed by atoms with Crippen LogP contribution in [0.4, 0.5) is 0 Å². The lowest BCUT2D eigenvalue weighted by atomic mass is 10.0. The van der Waals surface area contributed by atoms with Crippen LogP contribution in [0.3, 0.4) is 0 Å². The molecule has 0 spiro atoms. The van der Waals surface area contributed by atoms with E-state index in [0.29, 0.717) is 21.2 Å². The van der Waals surface area contributed by atoms with Gasteiger partial charge in [0.2, 0.25) is 7.29 Å². The molecular formula is C23H21ClNO3P. The molecule has 0 bridgehead atoms. The van der Waals surface area contributed by atoms with Gasteiger partial charge in [-0.15, -0.1) is 0 Å². The van der Waals surface area contributed by atoms with Crippen molar-refractivity contribution in [3.05, 3.63) is 108 Å². The molecule has 148 valence electrons. The van der Waals surface area contributed by atoms with Gasteiger partial charge in [-0.25, -0.2) is 9.88 Å². The molecule has 6 heteroatoms. The number of halogens is 1. The number of methoxy groups -OCH3 is 1. The van der Waals surface area contributed by atoms with Gasteiger partial charge in [0.1, 0.15) is 0 Å². The zero-order valence-electron chi connectivity index (χ0n) is 15.9. The van der Waals surface area contributed by atoms with Crippen LogP contribution in [-0.4, -0.2) is 13.1 Å². The fraction of sp³-hybridized carbons (Fsp3) is 0.0870. The second-order valence-electron chi connectivity index (χ2n) is 6.41. The van der Waals surface area contributed by atoms with E-state index in [2.05, 4.69) is 11.7 Å². The molecule has 3 aromatic rings. The second-order valence-corrected chi connectivity index (χ2v) is 9.36. The molecule has 0 heterocycles. The Morgan fingerprint density at radius 3 is 1.86 bits per heavy atom. The molecule has 4 nitrogen and oxygen atoms in total. The normalized spacial score (nSPS) is 12.2. The van der Waals surface area contributed by atoms with Gasteiger partial charge in [0, 0.05) is 15.6 Å². The third-order valence-electron chi connectivity index (χ3n) is 4.55. The van der Waals surface area contributed by atoms with Crippen LogP contribution in [0.25, 0.3) is 0 Å². The van der Waals surface area contributed by atoms with Crippen molar-refractivity contribution in [2.24, 2.45) is 0 Å². The number of nitrogens with one attached hydrogen (secondary N) is 1. The molecule has 0 amide bonds. The van der Waals surface area contributed by atoms with Crippen LogP contribution >= 0.6 is 18.9 Å². The monoisotopic (exact) mass is 425 g/mol. The molecule has 0 saturated heterocycles. The maximum Gasteiger partial charge on any atom is 0.335 e. The van der Waals surface area contributed by atoms with E-state index in [9.17, 15) is 9.36 Å². The minimum absolute atomic E-state index is 0.155. The lowest BCUT2D eigenvalue weighted by Crippen LogP contribution is -2.33.